The van der Waals surface area contributed by atoms with Gasteiger partial charge in [-0.05, 0) is 24.8 Å². The smallest absolute Gasteiger partial charge is 0.402 e. The summed E-state index contributed by atoms with van der Waals surface area (Å²) in [5.41, 5.74) is 1.38. The average Bonchev–Trinajstić information content (AvgIpc) is 3.41. The number of ether oxygens (including phenoxy) is 1. The van der Waals surface area contributed by atoms with Crippen molar-refractivity contribution in [3.8, 4) is 0 Å². The first-order valence-electron chi connectivity index (χ1n) is 12.1. The molecular formula is C23H32F6N4O3. The zero-order valence-electron chi connectivity index (χ0n) is 20.4. The van der Waals surface area contributed by atoms with Crippen LogP contribution in [0.15, 0.2) is 6.07 Å². The number of likely N-dealkylation sites (tertiary alicyclic amines) is 1. The quantitative estimate of drug-likeness (QED) is 0.570. The first-order valence-corrected chi connectivity index (χ1v) is 12.1. The third-order valence-corrected chi connectivity index (χ3v) is 7.58. The second-order valence-electron chi connectivity index (χ2n) is 11.2. The van der Waals surface area contributed by atoms with Gasteiger partial charge in [0.1, 0.15) is 6.04 Å². The van der Waals surface area contributed by atoms with E-state index in [1.54, 1.807) is 4.90 Å². The summed E-state index contributed by atoms with van der Waals surface area (Å²) in [7, 11) is 0. The Morgan fingerprint density at radius 3 is 2.22 bits per heavy atom. The van der Waals surface area contributed by atoms with Gasteiger partial charge < -0.3 is 15.2 Å². The van der Waals surface area contributed by atoms with Gasteiger partial charge in [-0.3, -0.25) is 14.4 Å². The molecule has 0 radical (unpaired) electrons. The van der Waals surface area contributed by atoms with Gasteiger partial charge in [0.05, 0.1) is 17.4 Å². The van der Waals surface area contributed by atoms with Crippen LogP contribution >= 0.6 is 0 Å². The van der Waals surface area contributed by atoms with Crippen molar-refractivity contribution in [2.45, 2.75) is 76.1 Å². The molecule has 36 heavy (non-hydrogen) atoms. The number of fused-ring (bicyclic) bond motifs is 1. The third-order valence-electron chi connectivity index (χ3n) is 7.58. The van der Waals surface area contributed by atoms with Crippen molar-refractivity contribution in [3.63, 3.8) is 0 Å². The number of carboxylic acid groups (broad SMARTS) is 1. The van der Waals surface area contributed by atoms with Crippen LogP contribution in [0.5, 0.6) is 0 Å². The summed E-state index contributed by atoms with van der Waals surface area (Å²) in [5, 5.41) is 16.6. The third kappa shape index (κ3) is 5.38. The van der Waals surface area contributed by atoms with E-state index in [1.807, 2.05) is 31.5 Å². The number of aromatic nitrogens is 2. The van der Waals surface area contributed by atoms with Crippen molar-refractivity contribution >= 4 is 5.97 Å². The van der Waals surface area contributed by atoms with Crippen molar-refractivity contribution in [2.24, 2.45) is 17.8 Å². The minimum absolute atomic E-state index is 0.0709. The highest BCUT2D eigenvalue weighted by atomic mass is 19.4. The molecule has 0 aliphatic carbocycles. The molecule has 0 bridgehead atoms. The topological polar surface area (TPSA) is 79.6 Å². The highest BCUT2D eigenvalue weighted by Crippen LogP contribution is 2.48. The first-order chi connectivity index (χ1) is 16.6. The van der Waals surface area contributed by atoms with Crippen LogP contribution in [0, 0.1) is 17.8 Å². The van der Waals surface area contributed by atoms with Gasteiger partial charge in [-0.1, -0.05) is 20.8 Å². The highest BCUT2D eigenvalue weighted by Gasteiger charge is 2.66. The van der Waals surface area contributed by atoms with Crippen molar-refractivity contribution in [1.29, 1.82) is 0 Å². The van der Waals surface area contributed by atoms with E-state index in [2.05, 4.69) is 5.32 Å². The van der Waals surface area contributed by atoms with Gasteiger partial charge >= 0.3 is 18.3 Å². The van der Waals surface area contributed by atoms with E-state index < -0.39 is 48.2 Å². The molecule has 7 nitrogen and oxygen atoms in total. The number of rotatable bonds is 5. The summed E-state index contributed by atoms with van der Waals surface area (Å²) in [6, 6.07) is -1.54. The number of hydrogen-bond acceptors (Lipinski definition) is 5. The second kappa shape index (κ2) is 9.46. The molecule has 2 N–H and O–H groups in total. The number of aliphatic carboxylic acids is 1. The Balaban J connectivity index is 1.61. The molecule has 0 spiro atoms. The molecule has 4 atom stereocenters. The van der Waals surface area contributed by atoms with E-state index in [4.69, 9.17) is 9.84 Å². The van der Waals surface area contributed by atoms with E-state index in [0.717, 1.165) is 24.2 Å². The lowest BCUT2D eigenvalue weighted by molar-refractivity contribution is -0.293. The predicted molar refractivity (Wildman–Crippen MR) is 116 cm³/mol. The molecule has 3 aliphatic rings. The lowest BCUT2D eigenvalue weighted by Gasteiger charge is -2.32. The van der Waals surface area contributed by atoms with Crippen molar-refractivity contribution in [1.82, 2.24) is 20.0 Å². The summed E-state index contributed by atoms with van der Waals surface area (Å²) in [5.74, 6) is -7.07. The molecule has 3 saturated heterocycles. The highest BCUT2D eigenvalue weighted by molar-refractivity contribution is 5.74. The fourth-order valence-corrected chi connectivity index (χ4v) is 5.84. The van der Waals surface area contributed by atoms with Crippen LogP contribution < -0.4 is 5.32 Å². The van der Waals surface area contributed by atoms with Crippen LogP contribution in [0.1, 0.15) is 51.0 Å². The molecular weight excluding hydrogens is 494 g/mol. The van der Waals surface area contributed by atoms with Crippen molar-refractivity contribution in [3.05, 3.63) is 17.5 Å². The maximum absolute atomic E-state index is 13.5. The molecule has 3 aliphatic heterocycles. The lowest BCUT2D eigenvalue weighted by Crippen LogP contribution is -2.53. The molecule has 0 aromatic carbocycles. The summed E-state index contributed by atoms with van der Waals surface area (Å²) in [6.45, 7) is 7.45. The summed E-state index contributed by atoms with van der Waals surface area (Å²) < 4.78 is 88.5. The van der Waals surface area contributed by atoms with Gasteiger partial charge in [0.15, 0.2) is 5.92 Å². The molecule has 3 fully saturated rings. The first kappa shape index (κ1) is 27.2. The number of alkyl halides is 6. The minimum Gasteiger partial charge on any atom is -0.480 e. The minimum atomic E-state index is -5.55. The molecule has 4 rings (SSSR count). The van der Waals surface area contributed by atoms with Gasteiger partial charge in [-0.25, -0.2) is 0 Å². The molecule has 1 aromatic heterocycles. The second-order valence-corrected chi connectivity index (χ2v) is 11.2. The van der Waals surface area contributed by atoms with Gasteiger partial charge in [-0.15, -0.1) is 0 Å². The van der Waals surface area contributed by atoms with E-state index >= 15 is 0 Å². The maximum Gasteiger partial charge on any atom is 0.402 e. The number of carbonyl (C=O) groups is 1. The predicted octanol–water partition coefficient (Wildman–Crippen LogP) is 3.75. The molecule has 204 valence electrons. The van der Waals surface area contributed by atoms with Crippen LogP contribution in [0.4, 0.5) is 26.3 Å². The van der Waals surface area contributed by atoms with Crippen LogP contribution in [-0.2, 0) is 21.5 Å². The van der Waals surface area contributed by atoms with Gasteiger partial charge in [0.2, 0.25) is 0 Å². The molecule has 0 saturated carbocycles. The van der Waals surface area contributed by atoms with Gasteiger partial charge in [0.25, 0.3) is 0 Å². The molecule has 1 aromatic rings. The summed E-state index contributed by atoms with van der Waals surface area (Å²) in [4.78, 5) is 13.5. The van der Waals surface area contributed by atoms with E-state index in [1.165, 1.54) is 0 Å². The van der Waals surface area contributed by atoms with Crippen molar-refractivity contribution < 1.29 is 41.0 Å². The fraction of sp³-hybridized carbons (Fsp3) is 0.826. The fourth-order valence-electron chi connectivity index (χ4n) is 5.84. The summed E-state index contributed by atoms with van der Waals surface area (Å²) >= 11 is 0. The molecule has 0 amide bonds. The Kier molecular flexibility index (Phi) is 7.15. The summed E-state index contributed by atoms with van der Waals surface area (Å²) in [6.07, 6.45) is -9.61. The Labute approximate surface area is 205 Å². The van der Waals surface area contributed by atoms with E-state index in [0.29, 0.717) is 13.2 Å². The van der Waals surface area contributed by atoms with Crippen LogP contribution in [0.2, 0.25) is 0 Å². The van der Waals surface area contributed by atoms with E-state index in [9.17, 15) is 36.2 Å². The number of nitrogens with one attached hydrogen (secondary N) is 1. The van der Waals surface area contributed by atoms with Crippen LogP contribution in [-0.4, -0.2) is 76.5 Å². The normalized spacial score (nSPS) is 28.7. The standard InChI is InChI=1S/C23H32F6N4O3/c1-21(2,3)16-8-13(33(31-16)12-4-6-36-7-5-12)9-32-10-14-15(11-32)18(20(34)35)30-17(14)19(22(24,25)26)23(27,28)29/h8,12,14-15,17-19,30H,4-7,9-11H2,1-3H3,(H,34,35). The number of halogens is 6. The Morgan fingerprint density at radius 1 is 1.11 bits per heavy atom. The number of hydrogen-bond donors (Lipinski definition) is 2. The Morgan fingerprint density at radius 2 is 1.69 bits per heavy atom. The zero-order valence-corrected chi connectivity index (χ0v) is 20.4. The van der Waals surface area contributed by atoms with Gasteiger partial charge in [0, 0.05) is 50.2 Å². The molecule has 13 heteroatoms. The zero-order chi connectivity index (χ0) is 26.6. The lowest BCUT2D eigenvalue weighted by atomic mass is 9.84. The van der Waals surface area contributed by atoms with Crippen molar-refractivity contribution in [2.75, 3.05) is 26.3 Å². The molecule has 4 unspecified atom stereocenters. The van der Waals surface area contributed by atoms with Crippen LogP contribution in [0.25, 0.3) is 0 Å². The molecule has 4 heterocycles. The monoisotopic (exact) mass is 526 g/mol. The average molecular weight is 527 g/mol. The van der Waals surface area contributed by atoms with E-state index in [-0.39, 0.29) is 31.1 Å². The SMILES string of the molecule is CC(C)(C)c1cc(CN2CC3C(C(=O)O)NC(C(C(F)(F)F)C(F)(F)F)C3C2)n(C2CCOCC2)n1. The number of carboxylic acids is 1. The van der Waals surface area contributed by atoms with Crippen LogP contribution in [0.3, 0.4) is 0 Å². The maximum atomic E-state index is 13.5. The Hall–Kier alpha value is -1.86. The Bertz CT molecular complexity index is 937. The number of nitrogens with zero attached hydrogens (tertiary/aromatic N) is 3. The largest absolute Gasteiger partial charge is 0.480 e. The van der Waals surface area contributed by atoms with Gasteiger partial charge in [-0.2, -0.15) is 31.4 Å².